The van der Waals surface area contributed by atoms with E-state index in [-0.39, 0.29) is 29.3 Å². The van der Waals surface area contributed by atoms with Crippen molar-refractivity contribution in [2.24, 2.45) is 5.41 Å². The zero-order chi connectivity index (χ0) is 21.4. The maximum atomic E-state index is 12.9. The number of sulfonamides is 1. The summed E-state index contributed by atoms with van der Waals surface area (Å²) in [6.07, 6.45) is -0.234. The van der Waals surface area contributed by atoms with Crippen molar-refractivity contribution in [3.05, 3.63) is 30.3 Å². The number of hydrogen-bond acceptors (Lipinski definition) is 6. The molecule has 0 radical (unpaired) electrons. The van der Waals surface area contributed by atoms with Crippen molar-refractivity contribution < 1.29 is 27.2 Å². The molecule has 2 N–H and O–H groups in total. The lowest BCUT2D eigenvalue weighted by Gasteiger charge is -2.27. The first-order valence-electron chi connectivity index (χ1n) is 9.42. The van der Waals surface area contributed by atoms with Crippen molar-refractivity contribution in [2.45, 2.75) is 57.4 Å². The number of para-hydroxylation sites is 1. The van der Waals surface area contributed by atoms with Crippen LogP contribution in [0, 0.1) is 5.41 Å². The Hall–Kier alpha value is -2.23. The minimum absolute atomic E-state index is 0.0687. The minimum Gasteiger partial charge on any atom is -0.443 e. The number of furan rings is 1. The summed E-state index contributed by atoms with van der Waals surface area (Å²) in [6, 6.07) is 6.48. The highest BCUT2D eigenvalue weighted by atomic mass is 32.2. The highest BCUT2D eigenvalue weighted by Gasteiger charge is 2.37. The molecule has 1 saturated heterocycles. The second kappa shape index (κ2) is 7.89. The van der Waals surface area contributed by atoms with E-state index in [1.54, 1.807) is 31.2 Å². The molecule has 2 aromatic rings. The second-order valence-corrected chi connectivity index (χ2v) is 10.2. The van der Waals surface area contributed by atoms with E-state index in [0.717, 1.165) is 0 Å². The first-order chi connectivity index (χ1) is 13.5. The predicted molar refractivity (Wildman–Crippen MR) is 107 cm³/mol. The summed E-state index contributed by atoms with van der Waals surface area (Å²) in [5.41, 5.74) is 0.0902. The van der Waals surface area contributed by atoms with Crippen molar-refractivity contribution in [2.75, 3.05) is 6.61 Å². The Balaban J connectivity index is 1.84. The van der Waals surface area contributed by atoms with Gasteiger partial charge >= 0.3 is 0 Å². The van der Waals surface area contributed by atoms with Gasteiger partial charge in [0.05, 0.1) is 6.10 Å². The molecule has 29 heavy (non-hydrogen) atoms. The molecule has 0 aliphatic carbocycles. The molecule has 0 spiro atoms. The number of carbonyl (C=O) groups is 2. The molecule has 1 fully saturated rings. The Bertz CT molecular complexity index is 988. The van der Waals surface area contributed by atoms with Crippen molar-refractivity contribution in [3.63, 3.8) is 0 Å². The molecule has 1 aliphatic heterocycles. The number of rotatable bonds is 6. The van der Waals surface area contributed by atoms with Gasteiger partial charge in [-0.2, -0.15) is 4.72 Å². The summed E-state index contributed by atoms with van der Waals surface area (Å²) in [4.78, 5) is 24.8. The van der Waals surface area contributed by atoms with Crippen molar-refractivity contribution in [1.82, 2.24) is 10.0 Å². The van der Waals surface area contributed by atoms with Crippen LogP contribution in [0.1, 0.15) is 34.1 Å². The summed E-state index contributed by atoms with van der Waals surface area (Å²) in [7, 11) is -4.09. The van der Waals surface area contributed by atoms with Gasteiger partial charge in [-0.15, -0.1) is 0 Å². The van der Waals surface area contributed by atoms with E-state index in [2.05, 4.69) is 10.0 Å². The Morgan fingerprint density at radius 1 is 1.28 bits per heavy atom. The van der Waals surface area contributed by atoms with Gasteiger partial charge in [-0.05, 0) is 24.8 Å². The van der Waals surface area contributed by atoms with Crippen LogP contribution in [-0.4, -0.2) is 44.9 Å². The third kappa shape index (κ3) is 5.04. The maximum Gasteiger partial charge on any atom is 0.274 e. The van der Waals surface area contributed by atoms with Crippen LogP contribution in [0.5, 0.6) is 0 Å². The van der Waals surface area contributed by atoms with Crippen LogP contribution in [0.15, 0.2) is 39.8 Å². The number of nitrogens with one attached hydrogen (secondary N) is 2. The maximum absolute atomic E-state index is 12.9. The lowest BCUT2D eigenvalue weighted by molar-refractivity contribution is -0.127. The molecule has 1 aromatic heterocycles. The highest BCUT2D eigenvalue weighted by molar-refractivity contribution is 7.89. The van der Waals surface area contributed by atoms with Gasteiger partial charge in [0, 0.05) is 11.5 Å². The Morgan fingerprint density at radius 3 is 2.55 bits per heavy atom. The van der Waals surface area contributed by atoms with Crippen LogP contribution in [0.4, 0.5) is 0 Å². The number of benzene rings is 1. The SMILES string of the molecule is C[C@@H]1OCC(=O)[C@H]1NC(=O)[C@H](CC(C)(C)C)NS(=O)(=O)c1cc2ccccc2o1. The predicted octanol–water partition coefficient (Wildman–Crippen LogP) is 1.99. The molecular formula is C20H26N2O6S. The lowest BCUT2D eigenvalue weighted by atomic mass is 9.88. The molecule has 3 rings (SSSR count). The van der Waals surface area contributed by atoms with Crippen LogP contribution in [0.3, 0.4) is 0 Å². The number of ketones is 1. The van der Waals surface area contributed by atoms with Crippen LogP contribution < -0.4 is 10.0 Å². The van der Waals surface area contributed by atoms with E-state index < -0.39 is 34.1 Å². The fraction of sp³-hybridized carbons (Fsp3) is 0.500. The molecule has 2 heterocycles. The van der Waals surface area contributed by atoms with E-state index >= 15 is 0 Å². The average molecular weight is 423 g/mol. The van der Waals surface area contributed by atoms with Crippen LogP contribution in [0.25, 0.3) is 11.0 Å². The van der Waals surface area contributed by atoms with Gasteiger partial charge < -0.3 is 14.5 Å². The largest absolute Gasteiger partial charge is 0.443 e. The molecule has 1 amide bonds. The van der Waals surface area contributed by atoms with Gasteiger partial charge in [-0.1, -0.05) is 39.0 Å². The summed E-state index contributed by atoms with van der Waals surface area (Å²) in [6.45, 7) is 7.31. The monoisotopic (exact) mass is 422 g/mol. The smallest absolute Gasteiger partial charge is 0.274 e. The van der Waals surface area contributed by atoms with Gasteiger partial charge in [0.2, 0.25) is 11.0 Å². The molecule has 158 valence electrons. The van der Waals surface area contributed by atoms with Crippen LogP contribution >= 0.6 is 0 Å². The zero-order valence-corrected chi connectivity index (χ0v) is 17.7. The van der Waals surface area contributed by atoms with Crippen molar-refractivity contribution >= 4 is 32.7 Å². The molecule has 8 nitrogen and oxygen atoms in total. The second-order valence-electron chi connectivity index (χ2n) is 8.51. The van der Waals surface area contributed by atoms with E-state index in [1.165, 1.54) is 6.07 Å². The van der Waals surface area contributed by atoms with Crippen molar-refractivity contribution in [3.8, 4) is 0 Å². The molecule has 9 heteroatoms. The van der Waals surface area contributed by atoms with Gasteiger partial charge in [0.15, 0.2) is 5.78 Å². The summed E-state index contributed by atoms with van der Waals surface area (Å²) < 4.78 is 38.9. The standard InChI is InChI=1S/C20H26N2O6S/c1-12-18(15(23)11-27-12)21-19(24)14(10-20(2,3)4)22-29(25,26)17-9-13-7-5-6-8-16(13)28-17/h5-9,12,14,18,22H,10-11H2,1-4H3,(H,21,24)/t12-,14-,18-/m0/s1. The van der Waals surface area contributed by atoms with E-state index in [0.29, 0.717) is 11.0 Å². The fourth-order valence-electron chi connectivity index (χ4n) is 3.25. The number of amides is 1. The number of carbonyl (C=O) groups excluding carboxylic acids is 2. The number of Topliss-reactive ketones (excluding diaryl/α,β-unsaturated/α-hetero) is 1. The third-order valence-corrected chi connectivity index (χ3v) is 6.03. The lowest BCUT2D eigenvalue weighted by Crippen LogP contribution is -2.53. The minimum atomic E-state index is -4.09. The number of fused-ring (bicyclic) bond motifs is 1. The molecule has 0 saturated carbocycles. The average Bonchev–Trinajstić information content (AvgIpc) is 3.19. The molecule has 0 unspecified atom stereocenters. The first-order valence-corrected chi connectivity index (χ1v) is 10.9. The Kier molecular flexibility index (Phi) is 5.84. The molecule has 1 aliphatic rings. The highest BCUT2D eigenvalue weighted by Crippen LogP contribution is 2.25. The zero-order valence-electron chi connectivity index (χ0n) is 16.9. The van der Waals surface area contributed by atoms with Gasteiger partial charge in [-0.3, -0.25) is 9.59 Å². The molecule has 3 atom stereocenters. The summed E-state index contributed by atoms with van der Waals surface area (Å²) >= 11 is 0. The summed E-state index contributed by atoms with van der Waals surface area (Å²) in [5, 5.41) is 3.01. The Labute approximate surface area is 170 Å². The van der Waals surface area contributed by atoms with Gasteiger partial charge in [0.25, 0.3) is 10.0 Å². The fourth-order valence-corrected chi connectivity index (χ4v) is 4.41. The van der Waals surface area contributed by atoms with Crippen molar-refractivity contribution in [1.29, 1.82) is 0 Å². The van der Waals surface area contributed by atoms with Crippen LogP contribution in [-0.2, 0) is 24.3 Å². The van der Waals surface area contributed by atoms with E-state index in [9.17, 15) is 18.0 Å². The van der Waals surface area contributed by atoms with E-state index in [4.69, 9.17) is 9.15 Å². The molecule has 0 bridgehead atoms. The topological polar surface area (TPSA) is 115 Å². The quantitative estimate of drug-likeness (QED) is 0.736. The summed E-state index contributed by atoms with van der Waals surface area (Å²) in [5.74, 6) is -0.809. The number of ether oxygens (including phenoxy) is 1. The molecular weight excluding hydrogens is 396 g/mol. The van der Waals surface area contributed by atoms with Gasteiger partial charge in [-0.25, -0.2) is 8.42 Å². The number of hydrogen-bond donors (Lipinski definition) is 2. The third-order valence-electron chi connectivity index (χ3n) is 4.70. The van der Waals surface area contributed by atoms with Gasteiger partial charge in [0.1, 0.15) is 24.3 Å². The molecule has 1 aromatic carbocycles. The Morgan fingerprint density at radius 2 is 1.97 bits per heavy atom. The first kappa shape index (κ1) is 21.5. The van der Waals surface area contributed by atoms with E-state index in [1.807, 2.05) is 20.8 Å². The van der Waals surface area contributed by atoms with Crippen LogP contribution in [0.2, 0.25) is 0 Å². The normalized spacial score (nSPS) is 21.4.